The third-order valence-corrected chi connectivity index (χ3v) is 4.06. The summed E-state index contributed by atoms with van der Waals surface area (Å²) >= 11 is 1.66. The maximum absolute atomic E-state index is 12.1. The summed E-state index contributed by atoms with van der Waals surface area (Å²) in [6.07, 6.45) is 2.18. The molecular weight excluding hydrogens is 246 g/mol. The number of carbonyl (C=O) groups excluding carboxylic acids is 1. The summed E-state index contributed by atoms with van der Waals surface area (Å²) in [6.45, 7) is 3.03. The van der Waals surface area contributed by atoms with Crippen LogP contribution in [-0.2, 0) is 11.3 Å². The topological polar surface area (TPSA) is 49.6 Å². The van der Waals surface area contributed by atoms with Crippen molar-refractivity contribution in [3.63, 3.8) is 0 Å². The molecule has 0 bridgehead atoms. The first-order valence-electron chi connectivity index (χ1n) is 6.38. The number of amides is 1. The summed E-state index contributed by atoms with van der Waals surface area (Å²) < 4.78 is 0. The van der Waals surface area contributed by atoms with Crippen molar-refractivity contribution >= 4 is 17.2 Å². The third-order valence-electron chi connectivity index (χ3n) is 3.33. The molecule has 0 radical (unpaired) electrons. The molecule has 4 nitrogen and oxygen atoms in total. The number of nitrogens with zero attached hydrogens (tertiary/aromatic N) is 2. The number of carbonyl (C=O) groups is 1. The Morgan fingerprint density at radius 2 is 2.50 bits per heavy atom. The van der Waals surface area contributed by atoms with Crippen LogP contribution in [0.5, 0.6) is 0 Å². The molecule has 1 atom stereocenters. The largest absolute Gasteiger partial charge is 0.340 e. The van der Waals surface area contributed by atoms with Crippen LogP contribution in [0.15, 0.2) is 16.8 Å². The lowest BCUT2D eigenvalue weighted by atomic mass is 10.1. The molecule has 100 valence electrons. The van der Waals surface area contributed by atoms with Crippen LogP contribution in [0, 0.1) is 0 Å². The first-order chi connectivity index (χ1) is 8.65. The Kier molecular flexibility index (Phi) is 4.74. The van der Waals surface area contributed by atoms with Crippen LogP contribution >= 0.6 is 11.3 Å². The quantitative estimate of drug-likeness (QED) is 0.889. The van der Waals surface area contributed by atoms with E-state index in [1.54, 1.807) is 16.2 Å². The molecule has 2 rings (SSSR count). The Bertz CT molecular complexity index is 380. The van der Waals surface area contributed by atoms with E-state index in [1.807, 2.05) is 12.4 Å². The number of hydrogen-bond donors (Lipinski definition) is 1. The number of likely N-dealkylation sites (N-methyl/N-ethyl adjacent to an activating group) is 1. The van der Waals surface area contributed by atoms with Gasteiger partial charge in [0.1, 0.15) is 0 Å². The van der Waals surface area contributed by atoms with Gasteiger partial charge in [0, 0.05) is 26.2 Å². The molecule has 1 unspecified atom stereocenters. The Hall–Kier alpha value is -0.910. The van der Waals surface area contributed by atoms with Gasteiger partial charge in [-0.1, -0.05) is 0 Å². The predicted molar refractivity (Wildman–Crippen MR) is 74.4 cm³/mol. The predicted octanol–water partition coefficient (Wildman–Crippen LogP) is 1.13. The fraction of sp³-hybridized carbons (Fsp3) is 0.615. The highest BCUT2D eigenvalue weighted by Gasteiger charge is 2.20. The zero-order valence-electron chi connectivity index (χ0n) is 10.8. The van der Waals surface area contributed by atoms with Crippen LogP contribution < -0.4 is 5.73 Å². The van der Waals surface area contributed by atoms with Crippen LogP contribution in [0.2, 0.25) is 0 Å². The van der Waals surface area contributed by atoms with Gasteiger partial charge in [-0.15, -0.1) is 0 Å². The number of rotatable bonds is 4. The SMILES string of the molecule is CN(Cc1ccsc1)C(=O)CN1CCCC(N)C1. The molecule has 2 N–H and O–H groups in total. The zero-order valence-corrected chi connectivity index (χ0v) is 11.7. The minimum Gasteiger partial charge on any atom is -0.340 e. The van der Waals surface area contributed by atoms with Crippen LogP contribution in [0.4, 0.5) is 0 Å². The molecule has 0 saturated carbocycles. The average Bonchev–Trinajstić information content (AvgIpc) is 2.81. The lowest BCUT2D eigenvalue weighted by Gasteiger charge is -2.31. The molecule has 18 heavy (non-hydrogen) atoms. The van der Waals surface area contributed by atoms with Crippen LogP contribution in [0.1, 0.15) is 18.4 Å². The Morgan fingerprint density at radius 3 is 3.17 bits per heavy atom. The van der Waals surface area contributed by atoms with E-state index in [1.165, 1.54) is 5.56 Å². The number of likely N-dealkylation sites (tertiary alicyclic amines) is 1. The van der Waals surface area contributed by atoms with Gasteiger partial charge in [0.05, 0.1) is 6.54 Å². The van der Waals surface area contributed by atoms with Gasteiger partial charge in [0.2, 0.25) is 5.91 Å². The molecule has 1 aliphatic rings. The summed E-state index contributed by atoms with van der Waals surface area (Å²) in [6, 6.07) is 2.29. The Morgan fingerprint density at radius 1 is 1.67 bits per heavy atom. The molecule has 0 aromatic carbocycles. The third kappa shape index (κ3) is 3.80. The number of thiophene rings is 1. The number of piperidine rings is 1. The average molecular weight is 267 g/mol. The minimum atomic E-state index is 0.176. The van der Waals surface area contributed by atoms with Crippen LogP contribution in [-0.4, -0.2) is 48.4 Å². The first kappa shape index (κ1) is 13.5. The second-order valence-electron chi connectivity index (χ2n) is 5.02. The summed E-state index contributed by atoms with van der Waals surface area (Å²) in [7, 11) is 1.86. The maximum Gasteiger partial charge on any atom is 0.236 e. The molecule has 2 heterocycles. The monoisotopic (exact) mass is 267 g/mol. The molecule has 0 aliphatic carbocycles. The summed E-state index contributed by atoms with van der Waals surface area (Å²) in [5.74, 6) is 0.176. The van der Waals surface area contributed by atoms with E-state index in [4.69, 9.17) is 5.73 Å². The van der Waals surface area contributed by atoms with Gasteiger partial charge in [0.15, 0.2) is 0 Å². The van der Waals surface area contributed by atoms with Gasteiger partial charge in [-0.05, 0) is 41.8 Å². The lowest BCUT2D eigenvalue weighted by Crippen LogP contribution is -2.47. The van der Waals surface area contributed by atoms with E-state index < -0.39 is 0 Å². The van der Waals surface area contributed by atoms with Crippen LogP contribution in [0.25, 0.3) is 0 Å². The fourth-order valence-electron chi connectivity index (χ4n) is 2.29. The second-order valence-corrected chi connectivity index (χ2v) is 5.80. The lowest BCUT2D eigenvalue weighted by molar-refractivity contribution is -0.131. The molecule has 1 aromatic heterocycles. The van der Waals surface area contributed by atoms with Crippen molar-refractivity contribution in [2.75, 3.05) is 26.7 Å². The van der Waals surface area contributed by atoms with Crippen molar-refractivity contribution in [1.29, 1.82) is 0 Å². The molecule has 1 aliphatic heterocycles. The van der Waals surface area contributed by atoms with E-state index in [2.05, 4.69) is 16.3 Å². The molecule has 0 spiro atoms. The van der Waals surface area contributed by atoms with Crippen molar-refractivity contribution in [1.82, 2.24) is 9.80 Å². The summed E-state index contributed by atoms with van der Waals surface area (Å²) in [4.78, 5) is 16.1. The first-order valence-corrected chi connectivity index (χ1v) is 7.32. The molecular formula is C13H21N3OS. The Labute approximate surface area is 112 Å². The van der Waals surface area contributed by atoms with Gasteiger partial charge in [-0.3, -0.25) is 9.69 Å². The standard InChI is InChI=1S/C13H21N3OS/c1-15(7-11-4-6-18-10-11)13(17)9-16-5-2-3-12(14)8-16/h4,6,10,12H,2-3,5,7-9,14H2,1H3. The minimum absolute atomic E-state index is 0.176. The van der Waals surface area contributed by atoms with Gasteiger partial charge >= 0.3 is 0 Å². The highest BCUT2D eigenvalue weighted by atomic mass is 32.1. The van der Waals surface area contributed by atoms with Crippen molar-refractivity contribution in [3.8, 4) is 0 Å². The highest BCUT2D eigenvalue weighted by Crippen LogP contribution is 2.10. The van der Waals surface area contributed by atoms with E-state index in [9.17, 15) is 4.79 Å². The normalized spacial score (nSPS) is 20.9. The van der Waals surface area contributed by atoms with E-state index in [-0.39, 0.29) is 11.9 Å². The smallest absolute Gasteiger partial charge is 0.236 e. The zero-order chi connectivity index (χ0) is 13.0. The van der Waals surface area contributed by atoms with E-state index in [0.29, 0.717) is 13.1 Å². The molecule has 5 heteroatoms. The molecule has 1 saturated heterocycles. The molecule has 1 fully saturated rings. The van der Waals surface area contributed by atoms with Gasteiger partial charge < -0.3 is 10.6 Å². The van der Waals surface area contributed by atoms with Crippen LogP contribution in [0.3, 0.4) is 0 Å². The second kappa shape index (κ2) is 6.31. The molecule has 1 aromatic rings. The van der Waals surface area contributed by atoms with E-state index >= 15 is 0 Å². The summed E-state index contributed by atoms with van der Waals surface area (Å²) in [5.41, 5.74) is 7.12. The molecule has 1 amide bonds. The number of nitrogens with two attached hydrogens (primary N) is 1. The maximum atomic E-state index is 12.1. The Balaban J connectivity index is 1.79. The van der Waals surface area contributed by atoms with E-state index in [0.717, 1.165) is 25.9 Å². The van der Waals surface area contributed by atoms with Crippen molar-refractivity contribution < 1.29 is 4.79 Å². The number of hydrogen-bond acceptors (Lipinski definition) is 4. The van der Waals surface area contributed by atoms with Crippen molar-refractivity contribution in [2.45, 2.75) is 25.4 Å². The van der Waals surface area contributed by atoms with Gasteiger partial charge in [0.25, 0.3) is 0 Å². The van der Waals surface area contributed by atoms with Gasteiger partial charge in [-0.25, -0.2) is 0 Å². The fourth-order valence-corrected chi connectivity index (χ4v) is 2.95. The van der Waals surface area contributed by atoms with Crippen molar-refractivity contribution in [3.05, 3.63) is 22.4 Å². The summed E-state index contributed by atoms with van der Waals surface area (Å²) in [5, 5.41) is 4.12. The highest BCUT2D eigenvalue weighted by molar-refractivity contribution is 7.07. The van der Waals surface area contributed by atoms with Crippen molar-refractivity contribution in [2.24, 2.45) is 5.73 Å². The van der Waals surface area contributed by atoms with Gasteiger partial charge in [-0.2, -0.15) is 11.3 Å².